The van der Waals surface area contributed by atoms with Gasteiger partial charge in [-0.15, -0.1) is 0 Å². The molecule has 0 fully saturated rings. The van der Waals surface area contributed by atoms with Gasteiger partial charge in [0.15, 0.2) is 0 Å². The maximum atomic E-state index is 10.9. The van der Waals surface area contributed by atoms with Crippen molar-refractivity contribution in [1.29, 1.82) is 0 Å². The molecule has 0 spiro atoms. The van der Waals surface area contributed by atoms with Gasteiger partial charge in [-0.3, -0.25) is 0 Å². The Labute approximate surface area is 92.7 Å². The van der Waals surface area contributed by atoms with Crippen LogP contribution in [0.3, 0.4) is 0 Å². The first-order chi connectivity index (χ1) is 7.65. The zero-order valence-corrected chi connectivity index (χ0v) is 8.79. The quantitative estimate of drug-likeness (QED) is 0.477. The highest BCUT2D eigenvalue weighted by Gasteiger charge is 2.07. The van der Waals surface area contributed by atoms with E-state index in [1.54, 1.807) is 24.3 Å². The average molecular weight is 217 g/mol. The van der Waals surface area contributed by atoms with Crippen molar-refractivity contribution in [3.8, 4) is 0 Å². The van der Waals surface area contributed by atoms with Gasteiger partial charge in [-0.05, 0) is 24.1 Å². The molecule has 0 saturated carbocycles. The van der Waals surface area contributed by atoms with Crippen LogP contribution >= 0.6 is 0 Å². The second-order valence-corrected chi connectivity index (χ2v) is 3.21. The van der Waals surface area contributed by atoms with E-state index in [1.807, 2.05) is 13.0 Å². The van der Waals surface area contributed by atoms with Gasteiger partial charge in [0.1, 0.15) is 0 Å². The molecule has 1 aromatic carbocycles. The second kappa shape index (κ2) is 5.58. The van der Waals surface area contributed by atoms with Gasteiger partial charge in [-0.25, -0.2) is 4.79 Å². The lowest BCUT2D eigenvalue weighted by molar-refractivity contribution is 0.0696. The lowest BCUT2D eigenvalue weighted by atomic mass is 10.0. The van der Waals surface area contributed by atoms with Gasteiger partial charge in [0.2, 0.25) is 0 Å². The van der Waals surface area contributed by atoms with Crippen LogP contribution in [0.15, 0.2) is 29.4 Å². The van der Waals surface area contributed by atoms with E-state index >= 15 is 0 Å². The molecule has 0 amide bonds. The van der Waals surface area contributed by atoms with Gasteiger partial charge in [0.25, 0.3) is 0 Å². The number of nitrogens with zero attached hydrogens (tertiary/aromatic N) is 3. The van der Waals surface area contributed by atoms with Gasteiger partial charge >= 0.3 is 5.97 Å². The molecular formula is C11H11N3O2. The first-order valence-corrected chi connectivity index (χ1v) is 4.66. The largest absolute Gasteiger partial charge is 0.478 e. The van der Waals surface area contributed by atoms with Crippen molar-refractivity contribution in [1.82, 2.24) is 0 Å². The van der Waals surface area contributed by atoms with Crippen LogP contribution < -0.4 is 0 Å². The molecule has 0 aliphatic heterocycles. The van der Waals surface area contributed by atoms with E-state index in [2.05, 4.69) is 10.0 Å². The molecule has 16 heavy (non-hydrogen) atoms. The summed E-state index contributed by atoms with van der Waals surface area (Å²) in [5, 5.41) is 12.3. The fourth-order valence-electron chi connectivity index (χ4n) is 1.26. The van der Waals surface area contributed by atoms with Crippen LogP contribution in [0.5, 0.6) is 0 Å². The minimum atomic E-state index is -0.966. The summed E-state index contributed by atoms with van der Waals surface area (Å²) < 4.78 is 0. The number of carboxylic acids is 1. The zero-order valence-electron chi connectivity index (χ0n) is 8.79. The zero-order chi connectivity index (χ0) is 12.0. The summed E-state index contributed by atoms with van der Waals surface area (Å²) in [5.74, 6) is -0.966. The molecule has 0 heterocycles. The van der Waals surface area contributed by atoms with Crippen molar-refractivity contribution < 1.29 is 9.90 Å². The lowest BCUT2D eigenvalue weighted by Crippen LogP contribution is -1.99. The van der Waals surface area contributed by atoms with Crippen LogP contribution in [-0.2, 0) is 0 Å². The predicted octanol–water partition coefficient (Wildman–Crippen LogP) is 3.02. The molecule has 5 heteroatoms. The predicted molar refractivity (Wildman–Crippen MR) is 61.2 cm³/mol. The summed E-state index contributed by atoms with van der Waals surface area (Å²) >= 11 is 0. The van der Waals surface area contributed by atoms with Crippen LogP contribution in [0.4, 0.5) is 0 Å². The van der Waals surface area contributed by atoms with Crippen molar-refractivity contribution in [3.63, 3.8) is 0 Å². The Balaban J connectivity index is 2.99. The van der Waals surface area contributed by atoms with Crippen LogP contribution in [0.1, 0.15) is 21.5 Å². The summed E-state index contributed by atoms with van der Waals surface area (Å²) in [6.07, 6.45) is 3.26. The molecule has 0 unspecified atom stereocenters. The highest BCUT2D eigenvalue weighted by molar-refractivity contribution is 5.92. The smallest absolute Gasteiger partial charge is 0.336 e. The third-order valence-electron chi connectivity index (χ3n) is 1.99. The van der Waals surface area contributed by atoms with E-state index in [0.29, 0.717) is 5.56 Å². The van der Waals surface area contributed by atoms with Crippen molar-refractivity contribution in [2.75, 3.05) is 6.54 Å². The molecule has 0 aromatic heterocycles. The number of carboxylic acid groups (broad SMARTS) is 1. The molecular weight excluding hydrogens is 206 g/mol. The number of rotatable bonds is 4. The van der Waals surface area contributed by atoms with Crippen molar-refractivity contribution in [3.05, 3.63) is 51.4 Å². The number of hydrogen-bond acceptors (Lipinski definition) is 2. The van der Waals surface area contributed by atoms with Crippen LogP contribution in [0, 0.1) is 6.92 Å². The first kappa shape index (κ1) is 11.8. The third kappa shape index (κ3) is 3.15. The molecule has 1 aromatic rings. The molecule has 1 N–H and O–H groups in total. The number of carbonyl (C=O) groups is 1. The van der Waals surface area contributed by atoms with Crippen molar-refractivity contribution in [2.24, 2.45) is 5.11 Å². The lowest BCUT2D eigenvalue weighted by Gasteiger charge is -2.02. The standard InChI is InChI=1S/C11H11N3O2/c1-8-4-5-9(3-2-6-13-14-12)10(7-8)11(15)16/h2-5,7H,6H2,1H3,(H,15,16). The van der Waals surface area contributed by atoms with Crippen LogP contribution in [-0.4, -0.2) is 17.6 Å². The number of hydrogen-bond donors (Lipinski definition) is 1. The summed E-state index contributed by atoms with van der Waals surface area (Å²) in [5.41, 5.74) is 9.82. The molecule has 1 rings (SSSR count). The van der Waals surface area contributed by atoms with Crippen LogP contribution in [0.25, 0.3) is 16.5 Å². The minimum absolute atomic E-state index is 0.212. The third-order valence-corrected chi connectivity index (χ3v) is 1.99. The SMILES string of the molecule is Cc1ccc(C=CCN=[N+]=[N-])c(C(=O)O)c1. The van der Waals surface area contributed by atoms with E-state index in [0.717, 1.165) is 5.56 Å². The summed E-state index contributed by atoms with van der Waals surface area (Å²) in [6, 6.07) is 5.17. The molecule has 82 valence electrons. The molecule has 0 radical (unpaired) electrons. The Morgan fingerprint density at radius 2 is 2.38 bits per heavy atom. The van der Waals surface area contributed by atoms with E-state index < -0.39 is 5.97 Å². The molecule has 0 bridgehead atoms. The summed E-state index contributed by atoms with van der Waals surface area (Å²) in [4.78, 5) is 13.5. The topological polar surface area (TPSA) is 86.1 Å². The molecule has 0 saturated heterocycles. The fraction of sp³-hybridized carbons (Fsp3) is 0.182. The maximum Gasteiger partial charge on any atom is 0.336 e. The minimum Gasteiger partial charge on any atom is -0.478 e. The Bertz CT molecular complexity index is 474. The van der Waals surface area contributed by atoms with Gasteiger partial charge in [-0.1, -0.05) is 35.0 Å². The Morgan fingerprint density at radius 1 is 1.62 bits per heavy atom. The Morgan fingerprint density at radius 3 is 3.00 bits per heavy atom. The van der Waals surface area contributed by atoms with Crippen LogP contribution in [0.2, 0.25) is 0 Å². The summed E-state index contributed by atoms with van der Waals surface area (Å²) in [6.45, 7) is 2.04. The second-order valence-electron chi connectivity index (χ2n) is 3.21. The fourth-order valence-corrected chi connectivity index (χ4v) is 1.26. The Kier molecular flexibility index (Phi) is 4.12. The number of benzene rings is 1. The van der Waals surface area contributed by atoms with Crippen molar-refractivity contribution in [2.45, 2.75) is 6.92 Å². The molecule has 0 atom stereocenters. The number of aryl methyl sites for hydroxylation is 1. The van der Waals surface area contributed by atoms with Crippen molar-refractivity contribution >= 4 is 12.0 Å². The maximum absolute atomic E-state index is 10.9. The van der Waals surface area contributed by atoms with E-state index in [4.69, 9.17) is 10.6 Å². The van der Waals surface area contributed by atoms with Gasteiger partial charge in [-0.2, -0.15) is 0 Å². The monoisotopic (exact) mass is 217 g/mol. The van der Waals surface area contributed by atoms with E-state index in [1.165, 1.54) is 0 Å². The van der Waals surface area contributed by atoms with Gasteiger partial charge in [0.05, 0.1) is 5.56 Å². The highest BCUT2D eigenvalue weighted by atomic mass is 16.4. The summed E-state index contributed by atoms with van der Waals surface area (Å²) in [7, 11) is 0. The molecule has 0 aliphatic carbocycles. The number of azide groups is 1. The van der Waals surface area contributed by atoms with E-state index in [9.17, 15) is 4.79 Å². The highest BCUT2D eigenvalue weighted by Crippen LogP contribution is 2.13. The molecule has 0 aliphatic rings. The normalized spacial score (nSPS) is 10.1. The van der Waals surface area contributed by atoms with Gasteiger partial charge < -0.3 is 5.11 Å². The van der Waals surface area contributed by atoms with E-state index in [-0.39, 0.29) is 12.1 Å². The molecule has 5 nitrogen and oxygen atoms in total. The number of aromatic carboxylic acids is 1. The first-order valence-electron chi connectivity index (χ1n) is 4.66. The van der Waals surface area contributed by atoms with Gasteiger partial charge in [0, 0.05) is 11.5 Å². The average Bonchev–Trinajstić information content (AvgIpc) is 2.26. The Hall–Kier alpha value is -2.26.